The molecular formula is C12H15NO8. The van der Waals surface area contributed by atoms with Crippen LogP contribution in [-0.2, 0) is 19.1 Å². The number of benzene rings is 1. The lowest BCUT2D eigenvalue weighted by Crippen LogP contribution is -2.21. The summed E-state index contributed by atoms with van der Waals surface area (Å²) in [6.45, 7) is 1.29. The molecule has 0 aliphatic carbocycles. The lowest BCUT2D eigenvalue weighted by atomic mass is 10.3. The van der Waals surface area contributed by atoms with Crippen LogP contribution in [-0.4, -0.2) is 42.2 Å². The highest BCUT2D eigenvalue weighted by molar-refractivity contribution is 5.78. The first kappa shape index (κ1) is 18.5. The Labute approximate surface area is 119 Å². The van der Waals surface area contributed by atoms with Crippen LogP contribution < -0.4 is 4.74 Å². The summed E-state index contributed by atoms with van der Waals surface area (Å²) in [5.74, 6) is -1.34. The van der Waals surface area contributed by atoms with Crippen LogP contribution in [0, 0.1) is 10.1 Å². The molecule has 0 spiro atoms. The van der Waals surface area contributed by atoms with Crippen molar-refractivity contribution in [2.24, 2.45) is 0 Å². The van der Waals surface area contributed by atoms with Crippen LogP contribution in [0.1, 0.15) is 6.92 Å². The minimum absolute atomic E-state index is 0. The van der Waals surface area contributed by atoms with Gasteiger partial charge in [0, 0.05) is 18.7 Å². The molecule has 0 aromatic heterocycles. The van der Waals surface area contributed by atoms with Gasteiger partial charge in [-0.1, -0.05) is 0 Å². The number of nitro groups is 1. The van der Waals surface area contributed by atoms with Gasteiger partial charge in [0.1, 0.15) is 12.4 Å². The van der Waals surface area contributed by atoms with E-state index in [9.17, 15) is 19.7 Å². The van der Waals surface area contributed by atoms with E-state index in [0.717, 1.165) is 0 Å². The molecule has 1 aromatic rings. The van der Waals surface area contributed by atoms with E-state index in [1.165, 1.54) is 24.3 Å². The van der Waals surface area contributed by atoms with Crippen molar-refractivity contribution in [1.82, 2.24) is 0 Å². The summed E-state index contributed by atoms with van der Waals surface area (Å²) in [7, 11) is 0. The molecule has 21 heavy (non-hydrogen) atoms. The lowest BCUT2D eigenvalue weighted by molar-refractivity contribution is -0.384. The molecule has 2 N–H and O–H groups in total. The smallest absolute Gasteiger partial charge is 0.349 e. The standard InChI is InChI=1S/C12H13NO7.H2O/c1-2-18-7-11(14)19-8-12(15)20-10-5-3-9(4-6-10)13(16)17;/h3-6H,2,7-8H2,1H3;1H2. The van der Waals surface area contributed by atoms with Gasteiger partial charge in [0.15, 0.2) is 6.61 Å². The van der Waals surface area contributed by atoms with Crippen LogP contribution in [0.2, 0.25) is 0 Å². The maximum atomic E-state index is 11.3. The van der Waals surface area contributed by atoms with Crippen molar-refractivity contribution >= 4 is 17.6 Å². The van der Waals surface area contributed by atoms with Gasteiger partial charge in [-0.2, -0.15) is 0 Å². The average molecular weight is 301 g/mol. The molecule has 0 aliphatic heterocycles. The molecule has 1 aromatic carbocycles. The number of carbonyl (C=O) groups is 2. The van der Waals surface area contributed by atoms with Gasteiger partial charge >= 0.3 is 11.9 Å². The Hall–Kier alpha value is -2.52. The topological polar surface area (TPSA) is 136 Å². The molecule has 0 fully saturated rings. The summed E-state index contributed by atoms with van der Waals surface area (Å²) >= 11 is 0. The molecule has 0 bridgehead atoms. The number of non-ortho nitro benzene ring substituents is 1. The van der Waals surface area contributed by atoms with Crippen molar-refractivity contribution in [2.75, 3.05) is 19.8 Å². The van der Waals surface area contributed by atoms with Crippen molar-refractivity contribution in [2.45, 2.75) is 6.92 Å². The Balaban J connectivity index is 0.00000400. The van der Waals surface area contributed by atoms with Crippen molar-refractivity contribution in [3.63, 3.8) is 0 Å². The lowest BCUT2D eigenvalue weighted by Gasteiger charge is -2.05. The van der Waals surface area contributed by atoms with Gasteiger partial charge in [-0.05, 0) is 19.1 Å². The number of rotatable bonds is 7. The van der Waals surface area contributed by atoms with Crippen molar-refractivity contribution < 1.29 is 34.2 Å². The van der Waals surface area contributed by atoms with Crippen molar-refractivity contribution in [1.29, 1.82) is 0 Å². The molecule has 0 radical (unpaired) electrons. The number of nitro benzene ring substituents is 1. The second kappa shape index (κ2) is 9.39. The molecule has 9 nitrogen and oxygen atoms in total. The maximum absolute atomic E-state index is 11.3. The van der Waals surface area contributed by atoms with Crippen LogP contribution >= 0.6 is 0 Å². The number of hydrogen-bond donors (Lipinski definition) is 0. The second-order valence-electron chi connectivity index (χ2n) is 3.52. The fraction of sp³-hybridized carbons (Fsp3) is 0.333. The quantitative estimate of drug-likeness (QED) is 0.304. The van der Waals surface area contributed by atoms with Crippen LogP contribution in [0.3, 0.4) is 0 Å². The van der Waals surface area contributed by atoms with E-state index in [1.54, 1.807) is 6.92 Å². The van der Waals surface area contributed by atoms with E-state index in [2.05, 4.69) is 4.74 Å². The second-order valence-corrected chi connectivity index (χ2v) is 3.52. The molecule has 0 atom stereocenters. The molecule has 0 amide bonds. The number of ether oxygens (including phenoxy) is 3. The normalized spacial score (nSPS) is 9.38. The van der Waals surface area contributed by atoms with Gasteiger partial charge in [-0.3, -0.25) is 10.1 Å². The Bertz CT molecular complexity index is 485. The van der Waals surface area contributed by atoms with Crippen molar-refractivity contribution in [3.8, 4) is 5.75 Å². The Morgan fingerprint density at radius 1 is 1.14 bits per heavy atom. The molecule has 0 saturated heterocycles. The first-order valence-corrected chi connectivity index (χ1v) is 5.71. The molecule has 9 heteroatoms. The molecule has 0 saturated carbocycles. The fourth-order valence-corrected chi connectivity index (χ4v) is 1.16. The van der Waals surface area contributed by atoms with Gasteiger partial charge in [-0.15, -0.1) is 0 Å². The van der Waals surface area contributed by atoms with Gasteiger partial charge in [0.2, 0.25) is 0 Å². The summed E-state index contributed by atoms with van der Waals surface area (Å²) in [6, 6.07) is 4.95. The van der Waals surface area contributed by atoms with Gasteiger partial charge in [-0.25, -0.2) is 9.59 Å². The molecular weight excluding hydrogens is 286 g/mol. The highest BCUT2D eigenvalue weighted by Gasteiger charge is 2.11. The van der Waals surface area contributed by atoms with Crippen molar-refractivity contribution in [3.05, 3.63) is 34.4 Å². The Morgan fingerprint density at radius 2 is 1.76 bits per heavy atom. The van der Waals surface area contributed by atoms with Gasteiger partial charge in [0.25, 0.3) is 5.69 Å². The highest BCUT2D eigenvalue weighted by atomic mass is 16.6. The third kappa shape index (κ3) is 6.99. The summed E-state index contributed by atoms with van der Waals surface area (Å²) in [5.41, 5.74) is -0.118. The number of carbonyl (C=O) groups excluding carboxylic acids is 2. The minimum Gasteiger partial charge on any atom is -0.452 e. The van der Waals surface area contributed by atoms with Crippen LogP contribution in [0.25, 0.3) is 0 Å². The molecule has 116 valence electrons. The summed E-state index contributed by atoms with van der Waals surface area (Å²) in [4.78, 5) is 32.2. The minimum atomic E-state index is -0.788. The third-order valence-corrected chi connectivity index (χ3v) is 2.05. The van der Waals surface area contributed by atoms with Crippen LogP contribution in [0.4, 0.5) is 5.69 Å². The van der Waals surface area contributed by atoms with Gasteiger partial charge < -0.3 is 19.7 Å². The number of nitrogens with zero attached hydrogens (tertiary/aromatic N) is 1. The first-order chi connectivity index (χ1) is 9.52. The van der Waals surface area contributed by atoms with E-state index in [-0.39, 0.29) is 23.5 Å². The van der Waals surface area contributed by atoms with E-state index in [1.807, 2.05) is 0 Å². The Kier molecular flexibility index (Phi) is 8.27. The third-order valence-electron chi connectivity index (χ3n) is 2.05. The number of hydrogen-bond acceptors (Lipinski definition) is 7. The fourth-order valence-electron chi connectivity index (χ4n) is 1.16. The molecule has 1 rings (SSSR count). The van der Waals surface area contributed by atoms with E-state index < -0.39 is 23.5 Å². The SMILES string of the molecule is CCOCC(=O)OCC(=O)Oc1ccc([N+](=O)[O-])cc1.O. The zero-order valence-corrected chi connectivity index (χ0v) is 11.2. The first-order valence-electron chi connectivity index (χ1n) is 5.71. The number of esters is 2. The molecule has 0 aliphatic rings. The summed E-state index contributed by atoms with van der Waals surface area (Å²) < 4.78 is 14.2. The van der Waals surface area contributed by atoms with Crippen LogP contribution in [0.15, 0.2) is 24.3 Å². The van der Waals surface area contributed by atoms with Gasteiger partial charge in [0.05, 0.1) is 4.92 Å². The average Bonchev–Trinajstić information content (AvgIpc) is 2.43. The Morgan fingerprint density at radius 3 is 2.29 bits per heavy atom. The summed E-state index contributed by atoms with van der Waals surface area (Å²) in [5, 5.41) is 10.4. The zero-order valence-electron chi connectivity index (χ0n) is 11.2. The monoisotopic (exact) mass is 301 g/mol. The van der Waals surface area contributed by atoms with Crippen LogP contribution in [0.5, 0.6) is 5.75 Å². The predicted octanol–water partition coefficient (Wildman–Crippen LogP) is 0.255. The van der Waals surface area contributed by atoms with E-state index in [4.69, 9.17) is 9.47 Å². The predicted molar refractivity (Wildman–Crippen MR) is 69.8 cm³/mol. The molecule has 0 unspecified atom stereocenters. The zero-order chi connectivity index (χ0) is 15.0. The maximum Gasteiger partial charge on any atom is 0.349 e. The largest absolute Gasteiger partial charge is 0.452 e. The highest BCUT2D eigenvalue weighted by Crippen LogP contribution is 2.17. The summed E-state index contributed by atoms with van der Waals surface area (Å²) in [6.07, 6.45) is 0. The van der Waals surface area contributed by atoms with E-state index in [0.29, 0.717) is 6.61 Å². The molecule has 0 heterocycles. The van der Waals surface area contributed by atoms with E-state index >= 15 is 0 Å².